The average molecular weight is 232 g/mol. The zero-order valence-corrected chi connectivity index (χ0v) is 10.4. The summed E-state index contributed by atoms with van der Waals surface area (Å²) in [4.78, 5) is 2.39. The first kappa shape index (κ1) is 10.9. The molecule has 2 aliphatic rings. The summed E-state index contributed by atoms with van der Waals surface area (Å²) in [5.41, 5.74) is 9.58. The van der Waals surface area contributed by atoms with E-state index in [1.54, 1.807) is 0 Å². The maximum atomic E-state index is 5.96. The smallest absolute Gasteiger partial charge is 0.125 e. The number of hydrogen-bond donors (Lipinski definition) is 1. The third-order valence-corrected chi connectivity index (χ3v) is 3.84. The van der Waals surface area contributed by atoms with Crippen LogP contribution < -0.4 is 10.5 Å². The summed E-state index contributed by atoms with van der Waals surface area (Å²) in [6.07, 6.45) is 3.70. The number of nitrogen functional groups attached to an aromatic ring is 1. The molecule has 2 N–H and O–H groups in total. The van der Waals surface area contributed by atoms with Gasteiger partial charge in [-0.05, 0) is 37.9 Å². The predicted octanol–water partition coefficient (Wildman–Crippen LogP) is 2.36. The van der Waals surface area contributed by atoms with Gasteiger partial charge < -0.3 is 15.4 Å². The number of nitrogens with zero attached hydrogens (tertiary/aromatic N) is 1. The Labute approximate surface area is 103 Å². The molecule has 0 fully saturated rings. The normalized spacial score (nSPS) is 24.4. The van der Waals surface area contributed by atoms with Gasteiger partial charge in [-0.25, -0.2) is 0 Å². The van der Waals surface area contributed by atoms with E-state index in [4.69, 9.17) is 10.5 Å². The second-order valence-electron chi connectivity index (χ2n) is 5.33. The Kier molecular flexibility index (Phi) is 2.71. The van der Waals surface area contributed by atoms with Crippen LogP contribution in [-0.2, 0) is 6.54 Å². The zero-order valence-electron chi connectivity index (χ0n) is 10.4. The third kappa shape index (κ3) is 2.00. The quantitative estimate of drug-likeness (QED) is 0.698. The van der Waals surface area contributed by atoms with Crippen LogP contribution >= 0.6 is 0 Å². The topological polar surface area (TPSA) is 38.5 Å². The Morgan fingerprint density at radius 3 is 3.12 bits per heavy atom. The first-order chi connectivity index (χ1) is 8.24. The molecule has 0 saturated heterocycles. The molecule has 0 bridgehead atoms. The summed E-state index contributed by atoms with van der Waals surface area (Å²) in [5, 5.41) is 0. The van der Waals surface area contributed by atoms with Crippen LogP contribution in [0.5, 0.6) is 5.75 Å². The lowest BCUT2D eigenvalue weighted by atomic mass is 9.85. The van der Waals surface area contributed by atoms with Gasteiger partial charge in [0.15, 0.2) is 0 Å². The van der Waals surface area contributed by atoms with E-state index < -0.39 is 0 Å². The van der Waals surface area contributed by atoms with Gasteiger partial charge in [-0.3, -0.25) is 0 Å². The molecule has 1 atom stereocenters. The molecule has 0 saturated carbocycles. The van der Waals surface area contributed by atoms with Crippen molar-refractivity contribution in [1.82, 2.24) is 4.90 Å². The van der Waals surface area contributed by atoms with Crippen LogP contribution in [0.15, 0.2) is 12.1 Å². The van der Waals surface area contributed by atoms with Gasteiger partial charge in [0.05, 0.1) is 6.61 Å². The molecule has 0 aliphatic carbocycles. The summed E-state index contributed by atoms with van der Waals surface area (Å²) in [6.45, 7) is 2.97. The number of likely N-dealkylation sites (N-methyl/N-ethyl adjacent to an activating group) is 1. The third-order valence-electron chi connectivity index (χ3n) is 3.84. The van der Waals surface area contributed by atoms with E-state index in [9.17, 15) is 0 Å². The zero-order chi connectivity index (χ0) is 11.8. The fourth-order valence-electron chi connectivity index (χ4n) is 3.15. The number of hydrogen-bond acceptors (Lipinski definition) is 3. The van der Waals surface area contributed by atoms with Crippen molar-refractivity contribution >= 4 is 5.69 Å². The van der Waals surface area contributed by atoms with Gasteiger partial charge in [-0.2, -0.15) is 0 Å². The predicted molar refractivity (Wildman–Crippen MR) is 69.3 cm³/mol. The molecule has 92 valence electrons. The van der Waals surface area contributed by atoms with Crippen molar-refractivity contribution in [1.29, 1.82) is 0 Å². The van der Waals surface area contributed by atoms with Gasteiger partial charge >= 0.3 is 0 Å². The summed E-state index contributed by atoms with van der Waals surface area (Å²) < 4.78 is 5.89. The van der Waals surface area contributed by atoms with Crippen LogP contribution in [0.4, 0.5) is 5.69 Å². The summed E-state index contributed by atoms with van der Waals surface area (Å²) in [6, 6.07) is 4.12. The van der Waals surface area contributed by atoms with Crippen molar-refractivity contribution in [2.24, 2.45) is 0 Å². The maximum absolute atomic E-state index is 5.96. The molecular weight excluding hydrogens is 212 g/mol. The van der Waals surface area contributed by atoms with E-state index in [-0.39, 0.29) is 0 Å². The van der Waals surface area contributed by atoms with E-state index in [1.807, 2.05) is 6.07 Å². The van der Waals surface area contributed by atoms with Crippen molar-refractivity contribution in [3.05, 3.63) is 23.3 Å². The standard InChI is InChI=1S/C14H20N2O/c1-16-8-10-4-2-3-5-17-13-7-12(15)6-11(9-16)14(10)13/h6-7,10H,2-5,8-9,15H2,1H3. The molecule has 0 radical (unpaired) electrons. The Balaban J connectivity index is 2.10. The van der Waals surface area contributed by atoms with E-state index in [2.05, 4.69) is 18.0 Å². The monoisotopic (exact) mass is 232 g/mol. The van der Waals surface area contributed by atoms with Crippen molar-refractivity contribution < 1.29 is 4.74 Å². The Morgan fingerprint density at radius 1 is 1.35 bits per heavy atom. The van der Waals surface area contributed by atoms with Gasteiger partial charge in [0, 0.05) is 36.3 Å². The van der Waals surface area contributed by atoms with Gasteiger partial charge in [0.2, 0.25) is 0 Å². The van der Waals surface area contributed by atoms with Crippen LogP contribution in [0.1, 0.15) is 36.3 Å². The highest BCUT2D eigenvalue weighted by atomic mass is 16.5. The van der Waals surface area contributed by atoms with E-state index in [0.29, 0.717) is 5.92 Å². The van der Waals surface area contributed by atoms with Crippen LogP contribution in [0.3, 0.4) is 0 Å². The van der Waals surface area contributed by atoms with Crippen LogP contribution in [0.25, 0.3) is 0 Å². The lowest BCUT2D eigenvalue weighted by Gasteiger charge is -2.35. The lowest BCUT2D eigenvalue weighted by Crippen LogP contribution is -2.31. The highest BCUT2D eigenvalue weighted by molar-refractivity contribution is 5.55. The summed E-state index contributed by atoms with van der Waals surface area (Å²) >= 11 is 0. The summed E-state index contributed by atoms with van der Waals surface area (Å²) in [5.74, 6) is 1.66. The van der Waals surface area contributed by atoms with Gasteiger partial charge in [-0.15, -0.1) is 0 Å². The summed E-state index contributed by atoms with van der Waals surface area (Å²) in [7, 11) is 2.19. The number of anilines is 1. The molecule has 3 heteroatoms. The van der Waals surface area contributed by atoms with Crippen molar-refractivity contribution in [3.8, 4) is 5.75 Å². The van der Waals surface area contributed by atoms with Crippen molar-refractivity contribution in [3.63, 3.8) is 0 Å². The molecule has 17 heavy (non-hydrogen) atoms. The minimum Gasteiger partial charge on any atom is -0.493 e. The number of benzene rings is 1. The Hall–Kier alpha value is -1.22. The fourth-order valence-corrected chi connectivity index (χ4v) is 3.15. The first-order valence-corrected chi connectivity index (χ1v) is 6.47. The van der Waals surface area contributed by atoms with Crippen LogP contribution in [0.2, 0.25) is 0 Å². The van der Waals surface area contributed by atoms with E-state index in [0.717, 1.165) is 37.6 Å². The average Bonchev–Trinajstić information content (AvgIpc) is 2.23. The van der Waals surface area contributed by atoms with Crippen molar-refractivity contribution in [2.75, 3.05) is 25.9 Å². The molecule has 2 aliphatic heterocycles. The Morgan fingerprint density at radius 2 is 2.24 bits per heavy atom. The molecule has 1 aromatic carbocycles. The molecule has 1 aromatic rings. The molecule has 1 unspecified atom stereocenters. The second-order valence-corrected chi connectivity index (χ2v) is 5.33. The SMILES string of the molecule is CN1Cc2cc(N)cc3c2C(CCCCO3)C1. The highest BCUT2D eigenvalue weighted by Gasteiger charge is 2.28. The molecular formula is C14H20N2O. The maximum Gasteiger partial charge on any atom is 0.125 e. The van der Waals surface area contributed by atoms with Gasteiger partial charge in [-0.1, -0.05) is 0 Å². The van der Waals surface area contributed by atoms with Crippen molar-refractivity contribution in [2.45, 2.75) is 31.7 Å². The number of ether oxygens (including phenoxy) is 1. The number of rotatable bonds is 0. The van der Waals surface area contributed by atoms with E-state index >= 15 is 0 Å². The van der Waals surface area contributed by atoms with Gasteiger partial charge in [0.25, 0.3) is 0 Å². The molecule has 0 spiro atoms. The Bertz CT molecular complexity index is 413. The first-order valence-electron chi connectivity index (χ1n) is 6.47. The second kappa shape index (κ2) is 4.22. The largest absolute Gasteiger partial charge is 0.493 e. The molecule has 0 aromatic heterocycles. The van der Waals surface area contributed by atoms with Gasteiger partial charge in [0.1, 0.15) is 5.75 Å². The van der Waals surface area contributed by atoms with Crippen LogP contribution in [0, 0.1) is 0 Å². The molecule has 0 amide bonds. The highest BCUT2D eigenvalue weighted by Crippen LogP contribution is 2.40. The molecule has 3 nitrogen and oxygen atoms in total. The fraction of sp³-hybridized carbons (Fsp3) is 0.571. The lowest BCUT2D eigenvalue weighted by molar-refractivity contribution is 0.238. The molecule has 3 rings (SSSR count). The minimum absolute atomic E-state index is 0.625. The minimum atomic E-state index is 0.625. The van der Waals surface area contributed by atoms with Crippen LogP contribution in [-0.4, -0.2) is 25.1 Å². The number of nitrogens with two attached hydrogens (primary N) is 1. The van der Waals surface area contributed by atoms with E-state index in [1.165, 1.54) is 24.0 Å². The molecule has 2 heterocycles.